The zero-order chi connectivity index (χ0) is 14.5. The molecule has 1 aromatic carbocycles. The molecule has 2 rings (SSSR count). The van der Waals surface area contributed by atoms with E-state index in [4.69, 9.17) is 14.2 Å². The Bertz CT molecular complexity index is 492. The maximum atomic E-state index is 12.2. The van der Waals surface area contributed by atoms with Gasteiger partial charge in [-0.05, 0) is 41.4 Å². The highest BCUT2D eigenvalue weighted by molar-refractivity contribution is 9.10. The van der Waals surface area contributed by atoms with Gasteiger partial charge in [-0.1, -0.05) is 0 Å². The van der Waals surface area contributed by atoms with Gasteiger partial charge in [0, 0.05) is 25.3 Å². The molecular formula is C14H18BrNO4. The number of carbonyl (C=O) groups is 1. The molecule has 6 heteroatoms. The molecule has 20 heavy (non-hydrogen) atoms. The first-order valence-corrected chi connectivity index (χ1v) is 7.30. The Hall–Kier alpha value is -1.27. The summed E-state index contributed by atoms with van der Waals surface area (Å²) in [6.45, 7) is 3.58. The number of amides is 1. The van der Waals surface area contributed by atoms with Gasteiger partial charge in [0.25, 0.3) is 5.91 Å². The average molecular weight is 344 g/mol. The van der Waals surface area contributed by atoms with Crippen molar-refractivity contribution in [2.24, 2.45) is 0 Å². The van der Waals surface area contributed by atoms with Gasteiger partial charge in [0.05, 0.1) is 4.47 Å². The highest BCUT2D eigenvalue weighted by Crippen LogP contribution is 2.38. The zero-order valence-electron chi connectivity index (χ0n) is 11.6. The number of rotatable bonds is 5. The summed E-state index contributed by atoms with van der Waals surface area (Å²) in [5, 5.41) is 2.93. The summed E-state index contributed by atoms with van der Waals surface area (Å²) >= 11 is 3.40. The van der Waals surface area contributed by atoms with Crippen molar-refractivity contribution >= 4 is 21.8 Å². The SMILES string of the molecule is COCC[C@H](C)NC(=O)c1cc(Br)c2c(c1)OCCO2. The van der Waals surface area contributed by atoms with Gasteiger partial charge < -0.3 is 19.5 Å². The van der Waals surface area contributed by atoms with Crippen LogP contribution < -0.4 is 14.8 Å². The second kappa shape index (κ2) is 6.95. The third kappa shape index (κ3) is 3.64. The van der Waals surface area contributed by atoms with Crippen molar-refractivity contribution in [2.75, 3.05) is 26.9 Å². The Morgan fingerprint density at radius 3 is 2.95 bits per heavy atom. The summed E-state index contributed by atoms with van der Waals surface area (Å²) in [5.41, 5.74) is 0.547. The molecule has 1 N–H and O–H groups in total. The fourth-order valence-electron chi connectivity index (χ4n) is 1.92. The summed E-state index contributed by atoms with van der Waals surface area (Å²) < 4.78 is 16.7. The van der Waals surface area contributed by atoms with E-state index in [2.05, 4.69) is 21.2 Å². The quantitative estimate of drug-likeness (QED) is 0.891. The van der Waals surface area contributed by atoms with Crippen LogP contribution in [-0.4, -0.2) is 38.9 Å². The molecule has 0 spiro atoms. The van der Waals surface area contributed by atoms with E-state index in [1.54, 1.807) is 19.2 Å². The lowest BCUT2D eigenvalue weighted by Gasteiger charge is -2.21. The molecule has 1 aromatic rings. The molecule has 0 saturated carbocycles. The third-order valence-electron chi connectivity index (χ3n) is 2.99. The van der Waals surface area contributed by atoms with Crippen LogP contribution in [0.1, 0.15) is 23.7 Å². The van der Waals surface area contributed by atoms with Gasteiger partial charge in [-0.2, -0.15) is 0 Å². The molecule has 0 aliphatic carbocycles. The minimum absolute atomic E-state index is 0.0504. The highest BCUT2D eigenvalue weighted by Gasteiger charge is 2.19. The number of methoxy groups -OCH3 is 1. The number of nitrogens with one attached hydrogen (secondary N) is 1. The van der Waals surface area contributed by atoms with Crippen LogP contribution in [0.3, 0.4) is 0 Å². The Kier molecular flexibility index (Phi) is 5.25. The van der Waals surface area contributed by atoms with Gasteiger partial charge >= 0.3 is 0 Å². The van der Waals surface area contributed by atoms with Gasteiger partial charge in [-0.25, -0.2) is 0 Å². The second-order valence-electron chi connectivity index (χ2n) is 4.64. The standard InChI is InChI=1S/C14H18BrNO4/c1-9(3-4-18-2)16-14(17)10-7-11(15)13-12(8-10)19-5-6-20-13/h7-9H,3-6H2,1-2H3,(H,16,17)/t9-/m0/s1. The van der Waals surface area contributed by atoms with E-state index in [0.29, 0.717) is 36.9 Å². The molecule has 1 aliphatic rings. The largest absolute Gasteiger partial charge is 0.486 e. The minimum Gasteiger partial charge on any atom is -0.486 e. The Morgan fingerprint density at radius 2 is 2.20 bits per heavy atom. The van der Waals surface area contributed by atoms with Crippen LogP contribution in [0.4, 0.5) is 0 Å². The Balaban J connectivity index is 2.08. The van der Waals surface area contributed by atoms with E-state index in [9.17, 15) is 4.79 Å². The number of hydrogen-bond acceptors (Lipinski definition) is 4. The first-order valence-electron chi connectivity index (χ1n) is 6.50. The minimum atomic E-state index is -0.133. The maximum Gasteiger partial charge on any atom is 0.251 e. The molecule has 110 valence electrons. The lowest BCUT2D eigenvalue weighted by Crippen LogP contribution is -2.33. The first-order chi connectivity index (χ1) is 9.61. The Labute approximate surface area is 126 Å². The van der Waals surface area contributed by atoms with Crippen LogP contribution in [0.15, 0.2) is 16.6 Å². The van der Waals surface area contributed by atoms with Crippen LogP contribution in [-0.2, 0) is 4.74 Å². The molecule has 0 bridgehead atoms. The first kappa shape index (κ1) is 15.1. The van der Waals surface area contributed by atoms with Crippen LogP contribution >= 0.6 is 15.9 Å². The monoisotopic (exact) mass is 343 g/mol. The predicted octanol–water partition coefficient (Wildman–Crippen LogP) is 2.38. The number of benzene rings is 1. The molecule has 1 amide bonds. The summed E-state index contributed by atoms with van der Waals surface area (Å²) in [7, 11) is 1.65. The molecule has 1 aliphatic heterocycles. The molecule has 1 heterocycles. The topological polar surface area (TPSA) is 56.8 Å². The smallest absolute Gasteiger partial charge is 0.251 e. The summed E-state index contributed by atoms with van der Waals surface area (Å²) in [6.07, 6.45) is 0.772. The molecule has 0 fully saturated rings. The van der Waals surface area contributed by atoms with Crippen molar-refractivity contribution in [3.63, 3.8) is 0 Å². The molecule has 1 atom stereocenters. The van der Waals surface area contributed by atoms with Crippen molar-refractivity contribution in [1.29, 1.82) is 0 Å². The number of carbonyl (C=O) groups excluding carboxylic acids is 1. The van der Waals surface area contributed by atoms with Crippen molar-refractivity contribution in [1.82, 2.24) is 5.32 Å². The van der Waals surface area contributed by atoms with Gasteiger partial charge in [-0.3, -0.25) is 4.79 Å². The number of ether oxygens (including phenoxy) is 3. The molecule has 0 aromatic heterocycles. The lowest BCUT2D eigenvalue weighted by molar-refractivity contribution is 0.0928. The van der Waals surface area contributed by atoms with Crippen molar-refractivity contribution in [3.05, 3.63) is 22.2 Å². The van der Waals surface area contributed by atoms with Crippen LogP contribution in [0.2, 0.25) is 0 Å². The number of hydrogen-bond donors (Lipinski definition) is 1. The van der Waals surface area contributed by atoms with E-state index in [-0.39, 0.29) is 11.9 Å². The van der Waals surface area contributed by atoms with Crippen LogP contribution in [0, 0.1) is 0 Å². The van der Waals surface area contributed by atoms with Crippen LogP contribution in [0.5, 0.6) is 11.5 Å². The average Bonchev–Trinajstić information content (AvgIpc) is 2.45. The van der Waals surface area contributed by atoms with Gasteiger partial charge in [-0.15, -0.1) is 0 Å². The van der Waals surface area contributed by atoms with Crippen molar-refractivity contribution in [3.8, 4) is 11.5 Å². The fraction of sp³-hybridized carbons (Fsp3) is 0.500. The number of fused-ring (bicyclic) bond motifs is 1. The van der Waals surface area contributed by atoms with Crippen molar-refractivity contribution < 1.29 is 19.0 Å². The fourth-order valence-corrected chi connectivity index (χ4v) is 2.47. The predicted molar refractivity (Wildman–Crippen MR) is 78.6 cm³/mol. The Morgan fingerprint density at radius 1 is 1.45 bits per heavy atom. The van der Waals surface area contributed by atoms with E-state index < -0.39 is 0 Å². The van der Waals surface area contributed by atoms with Gasteiger partial charge in [0.1, 0.15) is 13.2 Å². The molecular weight excluding hydrogens is 326 g/mol. The van der Waals surface area contributed by atoms with E-state index in [1.807, 2.05) is 6.92 Å². The molecule has 0 unspecified atom stereocenters. The zero-order valence-corrected chi connectivity index (χ0v) is 13.2. The van der Waals surface area contributed by atoms with Gasteiger partial charge in [0.15, 0.2) is 11.5 Å². The van der Waals surface area contributed by atoms with Crippen LogP contribution in [0.25, 0.3) is 0 Å². The highest BCUT2D eigenvalue weighted by atomic mass is 79.9. The summed E-state index contributed by atoms with van der Waals surface area (Å²) in [6, 6.07) is 3.50. The summed E-state index contributed by atoms with van der Waals surface area (Å²) in [4.78, 5) is 12.2. The summed E-state index contributed by atoms with van der Waals surface area (Å²) in [5.74, 6) is 1.12. The molecule has 5 nitrogen and oxygen atoms in total. The van der Waals surface area contributed by atoms with E-state index >= 15 is 0 Å². The normalized spacial score (nSPS) is 14.8. The van der Waals surface area contributed by atoms with E-state index in [1.165, 1.54) is 0 Å². The van der Waals surface area contributed by atoms with E-state index in [0.717, 1.165) is 10.9 Å². The second-order valence-corrected chi connectivity index (χ2v) is 5.49. The lowest BCUT2D eigenvalue weighted by atomic mass is 10.1. The molecule has 0 saturated heterocycles. The maximum absolute atomic E-state index is 12.2. The number of halogens is 1. The van der Waals surface area contributed by atoms with Gasteiger partial charge in [0.2, 0.25) is 0 Å². The molecule has 0 radical (unpaired) electrons. The third-order valence-corrected chi connectivity index (χ3v) is 3.58. The van der Waals surface area contributed by atoms with Crippen molar-refractivity contribution in [2.45, 2.75) is 19.4 Å².